The first-order valence-electron chi connectivity index (χ1n) is 10.7. The number of nitrogens with one attached hydrogen (secondary N) is 1. The van der Waals surface area contributed by atoms with Crippen LogP contribution < -0.4 is 5.32 Å². The van der Waals surface area contributed by atoms with E-state index in [0.717, 1.165) is 36.7 Å². The van der Waals surface area contributed by atoms with Crippen molar-refractivity contribution in [1.29, 1.82) is 0 Å². The van der Waals surface area contributed by atoms with Crippen LogP contribution in [-0.4, -0.2) is 78.2 Å². The standard InChI is InChI=1S/C23H26N6O3/c1-28(19-5-6-19)23(32)22-18(14-30)3-2-10-29(22)13-21(31)27-20-7-4-16(12-26-20)17-8-9-24-15-25-11-17/h4,7-8,11-12,14-15,19H,2-3,5-6,9-10,13H2,1H3,(H,26,27,31). The maximum Gasteiger partial charge on any atom is 0.270 e. The fraction of sp³-hybridized carbons (Fsp3) is 0.391. The number of aldehydes is 1. The quantitative estimate of drug-likeness (QED) is 0.657. The maximum absolute atomic E-state index is 13.0. The van der Waals surface area contributed by atoms with Crippen LogP contribution in [-0.2, 0) is 14.4 Å². The Hall–Kier alpha value is -3.62. The highest BCUT2D eigenvalue weighted by Gasteiger charge is 2.35. The van der Waals surface area contributed by atoms with Crippen LogP contribution in [0.15, 0.2) is 45.7 Å². The molecule has 0 atom stereocenters. The molecule has 9 heteroatoms. The monoisotopic (exact) mass is 434 g/mol. The summed E-state index contributed by atoms with van der Waals surface area (Å²) in [5.41, 5.74) is 2.60. The van der Waals surface area contributed by atoms with Gasteiger partial charge >= 0.3 is 0 Å². The zero-order valence-electron chi connectivity index (χ0n) is 18.0. The van der Waals surface area contributed by atoms with Gasteiger partial charge in [-0.2, -0.15) is 0 Å². The molecule has 32 heavy (non-hydrogen) atoms. The molecule has 1 aromatic rings. The minimum absolute atomic E-state index is 0.0184. The predicted octanol–water partition coefficient (Wildman–Crippen LogP) is 1.69. The van der Waals surface area contributed by atoms with Gasteiger partial charge in [-0.05, 0) is 43.4 Å². The number of nitrogens with zero attached hydrogens (tertiary/aromatic N) is 5. The maximum atomic E-state index is 13.0. The Bertz CT molecular complexity index is 1020. The summed E-state index contributed by atoms with van der Waals surface area (Å²) in [7, 11) is 1.76. The van der Waals surface area contributed by atoms with Crippen molar-refractivity contribution in [2.45, 2.75) is 31.7 Å². The molecule has 9 nitrogen and oxygen atoms in total. The molecule has 3 heterocycles. The van der Waals surface area contributed by atoms with E-state index in [2.05, 4.69) is 20.3 Å². The van der Waals surface area contributed by atoms with Crippen molar-refractivity contribution in [3.8, 4) is 0 Å². The van der Waals surface area contributed by atoms with Crippen LogP contribution in [0.1, 0.15) is 31.2 Å². The molecule has 0 saturated heterocycles. The molecule has 1 saturated carbocycles. The molecule has 166 valence electrons. The number of amides is 2. The molecule has 1 fully saturated rings. The van der Waals surface area contributed by atoms with E-state index in [9.17, 15) is 14.4 Å². The molecule has 2 amide bonds. The van der Waals surface area contributed by atoms with E-state index in [-0.39, 0.29) is 24.4 Å². The molecule has 3 aliphatic rings. The molecule has 0 radical (unpaired) electrons. The number of allylic oxidation sites excluding steroid dienone is 2. The summed E-state index contributed by atoms with van der Waals surface area (Å²) < 4.78 is 0. The van der Waals surface area contributed by atoms with Gasteiger partial charge in [-0.25, -0.2) is 9.98 Å². The molecule has 0 spiro atoms. The van der Waals surface area contributed by atoms with Crippen molar-refractivity contribution in [2.75, 3.05) is 32.0 Å². The minimum Gasteiger partial charge on any atom is -0.357 e. The van der Waals surface area contributed by atoms with Gasteiger partial charge in [0.15, 0.2) is 0 Å². The lowest BCUT2D eigenvalue weighted by atomic mass is 10.0. The zero-order chi connectivity index (χ0) is 22.5. The Morgan fingerprint density at radius 3 is 2.88 bits per heavy atom. The number of pyridine rings is 1. The Labute approximate surface area is 186 Å². The van der Waals surface area contributed by atoms with Gasteiger partial charge in [0, 0.05) is 43.2 Å². The lowest BCUT2D eigenvalue weighted by molar-refractivity contribution is -0.129. The summed E-state index contributed by atoms with van der Waals surface area (Å²) in [4.78, 5) is 53.2. The minimum atomic E-state index is -0.291. The van der Waals surface area contributed by atoms with Crippen molar-refractivity contribution >= 4 is 42.0 Å². The summed E-state index contributed by atoms with van der Waals surface area (Å²) >= 11 is 0. The molecule has 0 bridgehead atoms. The second-order valence-corrected chi connectivity index (χ2v) is 8.06. The van der Waals surface area contributed by atoms with Crippen LogP contribution >= 0.6 is 0 Å². The van der Waals surface area contributed by atoms with Crippen LogP contribution in [0, 0.1) is 0 Å². The van der Waals surface area contributed by atoms with Gasteiger partial charge in [0.25, 0.3) is 5.91 Å². The number of anilines is 1. The summed E-state index contributed by atoms with van der Waals surface area (Å²) in [6.07, 6.45) is 10.8. The van der Waals surface area contributed by atoms with Crippen molar-refractivity contribution in [3.05, 3.63) is 41.2 Å². The number of rotatable bonds is 7. The number of carbonyl (C=O) groups is 3. The van der Waals surface area contributed by atoms with Gasteiger partial charge in [0.05, 0.1) is 13.1 Å². The average Bonchev–Trinajstić information content (AvgIpc) is 3.66. The molecular weight excluding hydrogens is 408 g/mol. The molecular formula is C23H26N6O3. The zero-order valence-corrected chi connectivity index (χ0v) is 18.0. The number of carbonyl (C=O) groups excluding carboxylic acids is 3. The van der Waals surface area contributed by atoms with Crippen LogP contribution in [0.5, 0.6) is 0 Å². The first-order valence-corrected chi connectivity index (χ1v) is 10.7. The van der Waals surface area contributed by atoms with Gasteiger partial charge in [0.1, 0.15) is 24.1 Å². The predicted molar refractivity (Wildman–Crippen MR) is 122 cm³/mol. The number of hydrogen-bond acceptors (Lipinski definition) is 7. The van der Waals surface area contributed by atoms with E-state index >= 15 is 0 Å². The van der Waals surface area contributed by atoms with Gasteiger partial charge in [-0.15, -0.1) is 0 Å². The highest BCUT2D eigenvalue weighted by molar-refractivity contribution is 6.12. The van der Waals surface area contributed by atoms with E-state index in [1.165, 1.54) is 6.34 Å². The van der Waals surface area contributed by atoms with Gasteiger partial charge < -0.3 is 15.1 Å². The van der Waals surface area contributed by atoms with Crippen molar-refractivity contribution in [3.63, 3.8) is 0 Å². The third-order valence-corrected chi connectivity index (χ3v) is 5.73. The Kier molecular flexibility index (Phi) is 6.53. The highest BCUT2D eigenvalue weighted by atomic mass is 16.2. The summed E-state index contributed by atoms with van der Waals surface area (Å²) in [6.45, 7) is 1.08. The van der Waals surface area contributed by atoms with E-state index < -0.39 is 0 Å². The number of likely N-dealkylation sites (N-methyl/N-ethyl adjacent to an activating group) is 1. The number of aromatic nitrogens is 1. The van der Waals surface area contributed by atoms with Crippen molar-refractivity contribution < 1.29 is 14.4 Å². The molecule has 0 unspecified atom stereocenters. The summed E-state index contributed by atoms with van der Waals surface area (Å²) in [5, 5.41) is 2.78. The Morgan fingerprint density at radius 2 is 2.16 bits per heavy atom. The molecule has 1 aromatic heterocycles. The molecule has 2 aliphatic heterocycles. The normalized spacial score (nSPS) is 18.2. The first kappa shape index (κ1) is 21.6. The van der Waals surface area contributed by atoms with Gasteiger partial charge in [-0.1, -0.05) is 6.08 Å². The Balaban J connectivity index is 1.42. The smallest absolute Gasteiger partial charge is 0.270 e. The first-order chi connectivity index (χ1) is 15.6. The summed E-state index contributed by atoms with van der Waals surface area (Å²) in [5.74, 6) is -0.0620. The van der Waals surface area contributed by atoms with E-state index in [4.69, 9.17) is 0 Å². The van der Waals surface area contributed by atoms with Gasteiger partial charge in [0.2, 0.25) is 5.91 Å². The molecule has 4 rings (SSSR count). The number of aliphatic imine (C=N–C) groups is 2. The van der Waals surface area contributed by atoms with Crippen LogP contribution in [0.25, 0.3) is 5.57 Å². The Morgan fingerprint density at radius 1 is 1.31 bits per heavy atom. The second kappa shape index (κ2) is 9.67. The highest BCUT2D eigenvalue weighted by Crippen LogP contribution is 2.29. The largest absolute Gasteiger partial charge is 0.357 e. The number of hydrogen-bond donors (Lipinski definition) is 1. The fourth-order valence-corrected chi connectivity index (χ4v) is 3.83. The lowest BCUT2D eigenvalue weighted by Crippen LogP contribution is -2.43. The van der Waals surface area contributed by atoms with Crippen LogP contribution in [0.2, 0.25) is 0 Å². The van der Waals surface area contributed by atoms with Crippen LogP contribution in [0.3, 0.4) is 0 Å². The third kappa shape index (κ3) is 4.99. The van der Waals surface area contributed by atoms with Gasteiger partial charge in [-0.3, -0.25) is 19.4 Å². The lowest BCUT2D eigenvalue weighted by Gasteiger charge is -2.33. The third-order valence-electron chi connectivity index (χ3n) is 5.73. The van der Waals surface area contributed by atoms with E-state index in [1.54, 1.807) is 35.3 Å². The van der Waals surface area contributed by atoms with Crippen molar-refractivity contribution in [2.24, 2.45) is 9.98 Å². The topological polar surface area (TPSA) is 107 Å². The van der Waals surface area contributed by atoms with E-state index in [0.29, 0.717) is 36.6 Å². The SMILES string of the molecule is CN(C(=O)C1=C(C=O)CCCN1CC(=O)Nc1ccc(C2=CCN=CN=C2)cn1)C1CC1. The van der Waals surface area contributed by atoms with E-state index in [1.807, 2.05) is 12.1 Å². The second-order valence-electron chi connectivity index (χ2n) is 8.06. The average molecular weight is 435 g/mol. The molecule has 1 aliphatic carbocycles. The fourth-order valence-electron chi connectivity index (χ4n) is 3.83. The molecule has 0 aromatic carbocycles. The molecule has 1 N–H and O–H groups in total. The summed E-state index contributed by atoms with van der Waals surface area (Å²) in [6, 6.07) is 3.81. The van der Waals surface area contributed by atoms with Crippen molar-refractivity contribution in [1.82, 2.24) is 14.8 Å². The van der Waals surface area contributed by atoms with Crippen LogP contribution in [0.4, 0.5) is 5.82 Å².